The second kappa shape index (κ2) is 47.0. The zero-order chi connectivity index (χ0) is 78.1. The van der Waals surface area contributed by atoms with E-state index in [9.17, 15) is 40.7 Å². The number of hydrogen-bond acceptors (Lipinski definition) is 6. The van der Waals surface area contributed by atoms with Crippen LogP contribution >= 0.6 is 0 Å². The quantitative estimate of drug-likeness (QED) is 0.0256. The van der Waals surface area contributed by atoms with E-state index in [1.54, 1.807) is 0 Å². The minimum atomic E-state index is -3.53. The molecule has 2 atom stereocenters. The monoisotopic (exact) mass is 1550 g/mol. The Hall–Kier alpha value is -10.0. The van der Waals surface area contributed by atoms with Crippen molar-refractivity contribution in [2.75, 3.05) is 32.8 Å². The Balaban J connectivity index is 0.000000183. The van der Waals surface area contributed by atoms with Gasteiger partial charge >= 0.3 is 11.9 Å². The Morgan fingerprint density at radius 3 is 0.679 bits per heavy atom. The maximum absolute atomic E-state index is 12.6. The van der Waals surface area contributed by atoms with Crippen molar-refractivity contribution in [2.24, 2.45) is 0 Å². The Kier molecular flexibility index (Phi) is 37.2. The minimum absolute atomic E-state index is 0.0146. The maximum Gasteiger partial charge on any atom is 0.307 e. The predicted molar refractivity (Wildman–Crippen MR) is 435 cm³/mol. The molecule has 12 aromatic rings. The number of nitrogens with one attached hydrogen (secondary N) is 2. The van der Waals surface area contributed by atoms with Crippen LogP contribution in [-0.4, -0.2) is 74.9 Å². The van der Waals surface area contributed by atoms with Gasteiger partial charge < -0.3 is 20.1 Å². The van der Waals surface area contributed by atoms with Gasteiger partial charge in [-0.3, -0.25) is 14.4 Å². The van der Waals surface area contributed by atoms with Gasteiger partial charge in [0.15, 0.2) is 71.1 Å². The maximum atomic E-state index is 12.6. The molecule has 0 spiro atoms. The van der Waals surface area contributed by atoms with Crippen molar-refractivity contribution in [1.29, 1.82) is 0 Å². The van der Waals surface area contributed by atoms with Crippen molar-refractivity contribution in [1.82, 2.24) is 10.6 Å². The Morgan fingerprint density at radius 1 is 0.321 bits per heavy atom. The van der Waals surface area contributed by atoms with Crippen molar-refractivity contribution in [2.45, 2.75) is 137 Å². The molecule has 0 saturated heterocycles. The topological polar surface area (TPSA) is 93.7 Å². The van der Waals surface area contributed by atoms with E-state index in [1.807, 2.05) is 6.92 Å². The van der Waals surface area contributed by atoms with Crippen LogP contribution in [0.25, 0.3) is 0 Å². The molecule has 12 aromatic carbocycles. The summed E-state index contributed by atoms with van der Waals surface area (Å²) in [7, 11) is -0.0751. The van der Waals surface area contributed by atoms with Crippen LogP contribution in [0.1, 0.15) is 51.7 Å². The van der Waals surface area contributed by atoms with E-state index in [0.29, 0.717) is 26.9 Å². The van der Waals surface area contributed by atoms with Crippen LogP contribution < -0.4 is 10.6 Å². The summed E-state index contributed by atoms with van der Waals surface area (Å²) >= 11 is 0. The molecule has 0 radical (unpaired) electrons. The van der Waals surface area contributed by atoms with E-state index in [4.69, 9.17) is 0 Å². The Labute approximate surface area is 651 Å². The van der Waals surface area contributed by atoms with Crippen molar-refractivity contribution in [3.05, 3.63) is 363 Å². The van der Waals surface area contributed by atoms with Crippen LogP contribution in [0.4, 0.5) is 26.3 Å². The number of benzene rings is 12. The van der Waals surface area contributed by atoms with E-state index in [0.717, 1.165) is 0 Å². The van der Waals surface area contributed by atoms with Crippen LogP contribution in [0.5, 0.6) is 0 Å². The lowest BCUT2D eigenvalue weighted by atomic mass is 10.2. The Bertz CT molecular complexity index is 3950. The van der Waals surface area contributed by atoms with Crippen LogP contribution in [0.15, 0.2) is 411 Å². The fourth-order valence-corrected chi connectivity index (χ4v) is 18.4. The van der Waals surface area contributed by atoms with Crippen LogP contribution in [0.3, 0.4) is 0 Å². The molecule has 1 amide bonds. The van der Waals surface area contributed by atoms with E-state index >= 15 is 0 Å². The van der Waals surface area contributed by atoms with E-state index in [1.165, 1.54) is 76.8 Å². The van der Waals surface area contributed by atoms with Gasteiger partial charge in [0.1, 0.15) is 13.2 Å². The molecular weight excluding hydrogens is 1460 g/mol. The first-order valence-electron chi connectivity index (χ1n) is 35.6. The zero-order valence-electron chi connectivity index (χ0n) is 62.0. The number of hydrogen-bond donors (Lipinski definition) is 2. The van der Waals surface area contributed by atoms with Crippen LogP contribution in [-0.2, 0) is 67.4 Å². The largest absolute Gasteiger partial charge is 0.462 e. The van der Waals surface area contributed by atoms with Crippen molar-refractivity contribution >= 4 is 61.4 Å². The van der Waals surface area contributed by atoms with Gasteiger partial charge in [0.05, 0.1) is 56.4 Å². The third-order valence-electron chi connectivity index (χ3n) is 15.6. The third-order valence-corrected chi connectivity index (χ3v) is 24.6. The number of aryl methyl sites for hydroxylation is 2. The van der Waals surface area contributed by atoms with Gasteiger partial charge in [0, 0.05) is 33.9 Å². The lowest BCUT2D eigenvalue weighted by Gasteiger charge is -2.15. The van der Waals surface area contributed by atoms with Gasteiger partial charge in [0.2, 0.25) is 5.91 Å². The summed E-state index contributed by atoms with van der Waals surface area (Å²) in [6, 6.07) is 125. The SMILES string of the molecule is CC(=O)NCCC(=O)OCC(F)C(C)(F)F.CCNCCC(=O)OCC(F)C(C)(F)F.Cc1ccc([S+](c2ccccc2)c2ccccc2)cc1.Cc1ccc([S+](c2ccccc2)c2ccccc2)cc1.c1ccc([S+](c2ccccc2)c2ccccc2)cc1.c1ccc([S+](c2ccccc2)c2ccccc2)cc1. The molecule has 0 aliphatic heterocycles. The number of esters is 2. The second-order valence-corrected chi connectivity index (χ2v) is 32.6. The molecule has 0 heterocycles. The van der Waals surface area contributed by atoms with Crippen molar-refractivity contribution in [3.8, 4) is 0 Å². The van der Waals surface area contributed by atoms with Gasteiger partial charge in [0.25, 0.3) is 11.8 Å². The van der Waals surface area contributed by atoms with E-state index in [-0.39, 0.29) is 68.9 Å². The molecule has 0 aliphatic rings. The molecule has 7 nitrogen and oxygen atoms in total. The molecular formula is C92H94F6N2O5S4+4. The van der Waals surface area contributed by atoms with E-state index in [2.05, 4.69) is 386 Å². The molecule has 0 aromatic heterocycles. The normalized spacial score (nSPS) is 11.4. The Morgan fingerprint density at radius 2 is 0.505 bits per heavy atom. The van der Waals surface area contributed by atoms with Gasteiger partial charge in [-0.05, 0) is 166 Å². The molecule has 2 unspecified atom stereocenters. The van der Waals surface area contributed by atoms with Gasteiger partial charge in [-0.15, -0.1) is 0 Å². The molecule has 12 rings (SSSR count). The van der Waals surface area contributed by atoms with Gasteiger partial charge in [-0.25, -0.2) is 26.3 Å². The molecule has 17 heteroatoms. The summed E-state index contributed by atoms with van der Waals surface area (Å²) < 4.78 is 83.0. The summed E-state index contributed by atoms with van der Waals surface area (Å²) in [5.74, 6) is -8.83. The lowest BCUT2D eigenvalue weighted by molar-refractivity contribution is -0.152. The fraction of sp³-hybridized carbons (Fsp3) is 0.185. The third kappa shape index (κ3) is 30.9. The highest BCUT2D eigenvalue weighted by molar-refractivity contribution is 7.98. The molecule has 109 heavy (non-hydrogen) atoms. The van der Waals surface area contributed by atoms with Crippen LogP contribution in [0.2, 0.25) is 0 Å². The second-order valence-electron chi connectivity index (χ2n) is 24.5. The number of alkyl halides is 6. The first-order chi connectivity index (χ1) is 52.7. The summed E-state index contributed by atoms with van der Waals surface area (Å²) in [6.45, 7) is 7.50. The summed E-state index contributed by atoms with van der Waals surface area (Å²) in [5.41, 5.74) is 2.61. The average molecular weight is 1550 g/mol. The first kappa shape index (κ1) is 86.2. The lowest BCUT2D eigenvalue weighted by Crippen LogP contribution is -2.32. The molecule has 2 N–H and O–H groups in total. The number of rotatable bonds is 25. The molecule has 0 saturated carbocycles. The van der Waals surface area contributed by atoms with Crippen molar-refractivity contribution in [3.63, 3.8) is 0 Å². The molecule has 0 bridgehead atoms. The smallest absolute Gasteiger partial charge is 0.307 e. The summed E-state index contributed by atoms with van der Waals surface area (Å²) in [6.07, 6.45) is -5.09. The van der Waals surface area contributed by atoms with Crippen molar-refractivity contribution < 1.29 is 50.2 Å². The number of halogens is 6. The molecule has 0 aliphatic carbocycles. The first-order valence-corrected chi connectivity index (χ1v) is 40.5. The predicted octanol–water partition coefficient (Wildman–Crippen LogP) is 22.3. The minimum Gasteiger partial charge on any atom is -0.462 e. The summed E-state index contributed by atoms with van der Waals surface area (Å²) in [5, 5.41) is 5.17. The number of ether oxygens (including phenoxy) is 2. The fourth-order valence-electron chi connectivity index (χ4n) is 10.0. The number of carbonyl (C=O) groups excluding carboxylic acids is 3. The molecule has 564 valence electrons. The average Bonchev–Trinajstić information content (AvgIpc) is 0.835. The van der Waals surface area contributed by atoms with E-state index < -0.39 is 49.3 Å². The van der Waals surface area contributed by atoms with Gasteiger partial charge in [-0.1, -0.05) is 224 Å². The number of amides is 1. The highest BCUT2D eigenvalue weighted by Gasteiger charge is 2.37. The van der Waals surface area contributed by atoms with Crippen LogP contribution in [0, 0.1) is 13.8 Å². The van der Waals surface area contributed by atoms with Gasteiger partial charge in [-0.2, -0.15) is 0 Å². The highest BCUT2D eigenvalue weighted by Crippen LogP contribution is 2.35. The molecule has 0 fully saturated rings. The summed E-state index contributed by atoms with van der Waals surface area (Å²) in [4.78, 5) is 48.5. The standard InChI is InChI=1S/2C19H17S.2C18H15S.C9H14F3NO3.C9H16F3NO2/c2*1-16-12-14-19(15-13-16)20(17-8-4-2-5-9-17)18-10-6-3-7-11-18;2*1-4-10-16(11-5-1)19(17-12-6-2-7-13-17)18-14-8-3-9-15-18;1-6(14)13-4-3-8(15)16-5-7(10)9(2,11)12;1-3-13-5-4-8(14)15-6-7(10)9(2,11)12/h2*2-15H,1H3;2*1-15H;7H,3-5H2,1-2H3,(H,13,14);7,13H,3-6H2,1-2H3/q4*+1;;. The zero-order valence-corrected chi connectivity index (χ0v) is 65.3. The number of carbonyl (C=O) groups is 3. The highest BCUT2D eigenvalue weighted by atomic mass is 32.2.